The maximum absolute atomic E-state index is 11.8. The van der Waals surface area contributed by atoms with Gasteiger partial charge in [-0.15, -0.1) is 0 Å². The van der Waals surface area contributed by atoms with Gasteiger partial charge in [-0.1, -0.05) is 6.42 Å². The molecule has 5 nitrogen and oxygen atoms in total. The predicted octanol–water partition coefficient (Wildman–Crippen LogP) is 2.02. The van der Waals surface area contributed by atoms with E-state index >= 15 is 0 Å². The van der Waals surface area contributed by atoms with Crippen molar-refractivity contribution in [1.82, 2.24) is 0 Å². The molecule has 2 N–H and O–H groups in total. The third-order valence-electron chi connectivity index (χ3n) is 4.23. The summed E-state index contributed by atoms with van der Waals surface area (Å²) in [6.45, 7) is 0. The van der Waals surface area contributed by atoms with E-state index < -0.39 is 9.84 Å². The van der Waals surface area contributed by atoms with E-state index in [9.17, 15) is 13.2 Å². The van der Waals surface area contributed by atoms with Crippen LogP contribution in [0.15, 0.2) is 24.3 Å². The molecule has 0 radical (unpaired) electrons. The zero-order valence-electron chi connectivity index (χ0n) is 11.8. The van der Waals surface area contributed by atoms with Gasteiger partial charge in [-0.05, 0) is 43.5 Å². The lowest BCUT2D eigenvalue weighted by Gasteiger charge is -2.24. The van der Waals surface area contributed by atoms with Crippen LogP contribution in [0.3, 0.4) is 0 Å². The van der Waals surface area contributed by atoms with Crippen LogP contribution >= 0.6 is 0 Å². The van der Waals surface area contributed by atoms with E-state index in [-0.39, 0.29) is 29.4 Å². The molecule has 1 unspecified atom stereocenters. The number of sulfone groups is 1. The van der Waals surface area contributed by atoms with Gasteiger partial charge in [-0.3, -0.25) is 4.79 Å². The second-order valence-corrected chi connectivity index (χ2v) is 8.17. The first-order chi connectivity index (χ1) is 10.0. The molecule has 1 amide bonds. The summed E-state index contributed by atoms with van der Waals surface area (Å²) >= 11 is 0. The highest BCUT2D eigenvalue weighted by Crippen LogP contribution is 2.28. The molecule has 3 rings (SSSR count). The lowest BCUT2D eigenvalue weighted by atomic mass is 9.85. The van der Waals surface area contributed by atoms with Crippen molar-refractivity contribution in [3.63, 3.8) is 0 Å². The smallest absolute Gasteiger partial charge is 0.227 e. The largest absolute Gasteiger partial charge is 0.381 e. The molecule has 2 aliphatic rings. The standard InChI is InChI=1S/C15H20N2O3S/c18-15(11-2-1-3-11)17-13-6-4-12(5-7-13)16-14-8-9-21(19,20)10-14/h4-7,11,14,16H,1-3,8-10H2,(H,17,18). The molecule has 1 atom stereocenters. The van der Waals surface area contributed by atoms with E-state index in [0.717, 1.165) is 30.6 Å². The van der Waals surface area contributed by atoms with Crippen molar-refractivity contribution in [2.45, 2.75) is 31.7 Å². The first kappa shape index (κ1) is 14.4. The summed E-state index contributed by atoms with van der Waals surface area (Å²) in [7, 11) is -2.87. The fourth-order valence-electron chi connectivity index (χ4n) is 2.71. The average molecular weight is 308 g/mol. The maximum Gasteiger partial charge on any atom is 0.227 e. The van der Waals surface area contributed by atoms with Crippen LogP contribution in [-0.2, 0) is 14.6 Å². The summed E-state index contributed by atoms with van der Waals surface area (Å²) < 4.78 is 22.8. The normalized spacial score (nSPS) is 24.3. The zero-order valence-corrected chi connectivity index (χ0v) is 12.7. The molecule has 1 saturated carbocycles. The Bertz CT molecular complexity index is 621. The molecule has 1 aromatic carbocycles. The van der Waals surface area contributed by atoms with Gasteiger partial charge in [-0.25, -0.2) is 8.42 Å². The number of hydrogen-bond donors (Lipinski definition) is 2. The molecule has 1 aliphatic carbocycles. The number of nitrogens with one attached hydrogen (secondary N) is 2. The molecule has 1 aromatic rings. The van der Waals surface area contributed by atoms with E-state index in [1.54, 1.807) is 0 Å². The van der Waals surface area contributed by atoms with Gasteiger partial charge in [0.05, 0.1) is 11.5 Å². The van der Waals surface area contributed by atoms with Gasteiger partial charge in [0.25, 0.3) is 0 Å². The Kier molecular flexibility index (Phi) is 3.89. The summed E-state index contributed by atoms with van der Waals surface area (Å²) in [4.78, 5) is 11.8. The molecule has 0 bridgehead atoms. The number of amides is 1. The molecule has 6 heteroatoms. The van der Waals surface area contributed by atoms with Crippen LogP contribution in [0.4, 0.5) is 11.4 Å². The van der Waals surface area contributed by atoms with Crippen LogP contribution in [0.2, 0.25) is 0 Å². The zero-order chi connectivity index (χ0) is 14.9. The molecule has 21 heavy (non-hydrogen) atoms. The molecule has 0 aromatic heterocycles. The number of carbonyl (C=O) groups is 1. The summed E-state index contributed by atoms with van der Waals surface area (Å²) in [5.41, 5.74) is 1.68. The van der Waals surface area contributed by atoms with E-state index in [2.05, 4.69) is 10.6 Å². The van der Waals surface area contributed by atoms with E-state index in [1.165, 1.54) is 0 Å². The topological polar surface area (TPSA) is 75.3 Å². The Morgan fingerprint density at radius 2 is 1.71 bits per heavy atom. The number of carbonyl (C=O) groups excluding carboxylic acids is 1. The van der Waals surface area contributed by atoms with Crippen LogP contribution in [0.25, 0.3) is 0 Å². The second kappa shape index (κ2) is 5.67. The van der Waals surface area contributed by atoms with Gasteiger partial charge in [0, 0.05) is 23.3 Å². The second-order valence-electron chi connectivity index (χ2n) is 5.94. The summed E-state index contributed by atoms with van der Waals surface area (Å²) in [5, 5.41) is 6.15. The van der Waals surface area contributed by atoms with Crippen molar-refractivity contribution < 1.29 is 13.2 Å². The summed E-state index contributed by atoms with van der Waals surface area (Å²) in [6.07, 6.45) is 3.77. The highest BCUT2D eigenvalue weighted by molar-refractivity contribution is 7.91. The predicted molar refractivity (Wildman–Crippen MR) is 83.1 cm³/mol. The minimum absolute atomic E-state index is 0.00887. The van der Waals surface area contributed by atoms with Gasteiger partial charge in [0.15, 0.2) is 9.84 Å². The van der Waals surface area contributed by atoms with Gasteiger partial charge >= 0.3 is 0 Å². The van der Waals surface area contributed by atoms with Crippen molar-refractivity contribution in [3.05, 3.63) is 24.3 Å². The van der Waals surface area contributed by atoms with E-state index in [1.807, 2.05) is 24.3 Å². The molecule has 2 fully saturated rings. The molecule has 114 valence electrons. The Balaban J connectivity index is 1.55. The quantitative estimate of drug-likeness (QED) is 0.892. The van der Waals surface area contributed by atoms with Crippen LogP contribution in [0.5, 0.6) is 0 Å². The molecular formula is C15H20N2O3S. The van der Waals surface area contributed by atoms with Gasteiger partial charge in [0.1, 0.15) is 0 Å². The number of benzene rings is 1. The van der Waals surface area contributed by atoms with Crippen molar-refractivity contribution in [2.75, 3.05) is 22.1 Å². The monoisotopic (exact) mass is 308 g/mol. The van der Waals surface area contributed by atoms with Crippen LogP contribution in [0, 0.1) is 5.92 Å². The fraction of sp³-hybridized carbons (Fsp3) is 0.533. The van der Waals surface area contributed by atoms with Gasteiger partial charge in [-0.2, -0.15) is 0 Å². The number of hydrogen-bond acceptors (Lipinski definition) is 4. The SMILES string of the molecule is O=C(Nc1ccc(NC2CCS(=O)(=O)C2)cc1)C1CCC1. The minimum Gasteiger partial charge on any atom is -0.381 e. The maximum atomic E-state index is 11.8. The third-order valence-corrected chi connectivity index (χ3v) is 6.00. The highest BCUT2D eigenvalue weighted by atomic mass is 32.2. The number of anilines is 2. The summed E-state index contributed by atoms with van der Waals surface area (Å²) in [5.74, 6) is 0.739. The van der Waals surface area contributed by atoms with E-state index in [0.29, 0.717) is 6.42 Å². The minimum atomic E-state index is -2.87. The van der Waals surface area contributed by atoms with Crippen LogP contribution in [-0.4, -0.2) is 31.9 Å². The first-order valence-corrected chi connectivity index (χ1v) is 9.22. The Hall–Kier alpha value is -1.56. The van der Waals surface area contributed by atoms with Crippen LogP contribution in [0.1, 0.15) is 25.7 Å². The van der Waals surface area contributed by atoms with Gasteiger partial charge < -0.3 is 10.6 Å². The fourth-order valence-corrected chi connectivity index (χ4v) is 4.38. The average Bonchev–Trinajstić information content (AvgIpc) is 2.69. The first-order valence-electron chi connectivity index (χ1n) is 7.40. The van der Waals surface area contributed by atoms with Crippen LogP contribution < -0.4 is 10.6 Å². The lowest BCUT2D eigenvalue weighted by Crippen LogP contribution is -2.28. The number of rotatable bonds is 4. The lowest BCUT2D eigenvalue weighted by molar-refractivity contribution is -0.122. The van der Waals surface area contributed by atoms with Crippen molar-refractivity contribution in [3.8, 4) is 0 Å². The third kappa shape index (κ3) is 3.56. The van der Waals surface area contributed by atoms with Crippen molar-refractivity contribution in [2.24, 2.45) is 5.92 Å². The Labute approximate surface area is 125 Å². The molecule has 1 heterocycles. The van der Waals surface area contributed by atoms with Gasteiger partial charge in [0.2, 0.25) is 5.91 Å². The summed E-state index contributed by atoms with van der Waals surface area (Å²) in [6, 6.07) is 7.44. The highest BCUT2D eigenvalue weighted by Gasteiger charge is 2.27. The Morgan fingerprint density at radius 1 is 1.05 bits per heavy atom. The van der Waals surface area contributed by atoms with E-state index in [4.69, 9.17) is 0 Å². The molecule has 0 spiro atoms. The Morgan fingerprint density at radius 3 is 2.24 bits per heavy atom. The molecule has 1 aliphatic heterocycles. The molecule has 1 saturated heterocycles. The molecular weight excluding hydrogens is 288 g/mol. The van der Waals surface area contributed by atoms with Crippen molar-refractivity contribution >= 4 is 27.1 Å². The van der Waals surface area contributed by atoms with Crippen molar-refractivity contribution in [1.29, 1.82) is 0 Å².